The lowest BCUT2D eigenvalue weighted by atomic mass is 9.89. The summed E-state index contributed by atoms with van der Waals surface area (Å²) in [5.41, 5.74) is -0.320. The van der Waals surface area contributed by atoms with Crippen molar-refractivity contribution in [3.05, 3.63) is 28.6 Å². The lowest BCUT2D eigenvalue weighted by Gasteiger charge is -2.38. The van der Waals surface area contributed by atoms with E-state index in [0.29, 0.717) is 30.2 Å². The Hall–Kier alpha value is -2.60. The van der Waals surface area contributed by atoms with Crippen molar-refractivity contribution in [1.29, 1.82) is 0 Å². The molecule has 43 heavy (non-hydrogen) atoms. The Bertz CT molecular complexity index is 1250. The van der Waals surface area contributed by atoms with E-state index in [9.17, 15) is 23.1 Å². The summed E-state index contributed by atoms with van der Waals surface area (Å²) in [6, 6.07) is 5.12. The maximum atomic E-state index is 13.7. The van der Waals surface area contributed by atoms with Gasteiger partial charge in [0.2, 0.25) is 0 Å². The van der Waals surface area contributed by atoms with E-state index in [0.717, 1.165) is 37.3 Å². The van der Waals surface area contributed by atoms with Crippen LogP contribution in [0.3, 0.4) is 0 Å². The number of likely N-dealkylation sites (tertiary alicyclic amines) is 1. The van der Waals surface area contributed by atoms with E-state index >= 15 is 0 Å². The van der Waals surface area contributed by atoms with E-state index < -0.39 is 24.0 Å². The number of alkyl halides is 3. The largest absolute Gasteiger partial charge is 0.444 e. The molecule has 0 bridgehead atoms. The molecule has 13 heteroatoms. The van der Waals surface area contributed by atoms with E-state index in [1.54, 1.807) is 32.9 Å². The predicted octanol–water partition coefficient (Wildman–Crippen LogP) is 4.52. The van der Waals surface area contributed by atoms with Crippen molar-refractivity contribution in [3.63, 3.8) is 0 Å². The number of fused-ring (bicyclic) bond motifs is 1. The molecule has 0 saturated carbocycles. The zero-order valence-corrected chi connectivity index (χ0v) is 25.9. The Labute approximate surface area is 254 Å². The number of rotatable bonds is 12. The molecule has 9 nitrogen and oxygen atoms in total. The van der Waals surface area contributed by atoms with Crippen LogP contribution in [0.1, 0.15) is 50.2 Å². The highest BCUT2D eigenvalue weighted by Crippen LogP contribution is 2.44. The third-order valence-electron chi connectivity index (χ3n) is 6.78. The van der Waals surface area contributed by atoms with E-state index in [1.807, 2.05) is 6.07 Å². The number of carbonyl (C=O) groups is 1. The Morgan fingerprint density at radius 1 is 1.19 bits per heavy atom. The number of piperidine rings is 1. The molecule has 3 rings (SSSR count). The van der Waals surface area contributed by atoms with Gasteiger partial charge in [-0.15, -0.1) is 11.3 Å². The number of halogens is 3. The van der Waals surface area contributed by atoms with Crippen LogP contribution in [0.5, 0.6) is 0 Å². The van der Waals surface area contributed by atoms with Crippen molar-refractivity contribution in [2.75, 3.05) is 65.0 Å². The number of hydrogen-bond donors (Lipinski definition) is 4. The molecule has 1 aliphatic heterocycles. The molecule has 0 aliphatic carbocycles. The van der Waals surface area contributed by atoms with Crippen LogP contribution in [-0.4, -0.2) is 98.7 Å². The number of nitrogens with zero attached hydrogens (tertiary/aromatic N) is 1. The molecule has 0 radical (unpaired) electrons. The molecule has 1 saturated heterocycles. The Kier molecular flexibility index (Phi) is 12.9. The number of aliphatic hydroxyl groups is 2. The number of anilines is 1. The average molecular weight is 630 g/mol. The van der Waals surface area contributed by atoms with Crippen molar-refractivity contribution < 1.29 is 42.4 Å². The average Bonchev–Trinajstić information content (AvgIpc) is 3.29. The van der Waals surface area contributed by atoms with Gasteiger partial charge in [0.15, 0.2) is 6.10 Å². The van der Waals surface area contributed by atoms with E-state index in [1.165, 1.54) is 0 Å². The van der Waals surface area contributed by atoms with Crippen LogP contribution in [0.25, 0.3) is 10.1 Å². The highest BCUT2D eigenvalue weighted by Gasteiger charge is 2.42. The third-order valence-corrected chi connectivity index (χ3v) is 7.95. The fraction of sp³-hybridized carbons (Fsp3) is 0.633. The topological polar surface area (TPSA) is 113 Å². The summed E-state index contributed by atoms with van der Waals surface area (Å²) in [6.45, 7) is 8.31. The molecule has 240 valence electrons. The van der Waals surface area contributed by atoms with E-state index in [2.05, 4.69) is 34.4 Å². The fourth-order valence-corrected chi connectivity index (χ4v) is 6.04. The molecule has 2 heterocycles. The summed E-state index contributed by atoms with van der Waals surface area (Å²) in [5.74, 6) is 5.65. The Balaban J connectivity index is 1.81. The van der Waals surface area contributed by atoms with Gasteiger partial charge in [0.25, 0.3) is 0 Å². The summed E-state index contributed by atoms with van der Waals surface area (Å²) < 4.78 is 57.9. The van der Waals surface area contributed by atoms with Gasteiger partial charge in [-0.05, 0) is 59.2 Å². The third kappa shape index (κ3) is 10.8. The van der Waals surface area contributed by atoms with Crippen molar-refractivity contribution in [2.45, 2.75) is 57.5 Å². The number of ether oxygens (including phenoxy) is 3. The molecule has 3 unspecified atom stereocenters. The summed E-state index contributed by atoms with van der Waals surface area (Å²) in [7, 11) is 2.06. The number of carbonyl (C=O) groups excluding carboxylic acids is 1. The van der Waals surface area contributed by atoms with Gasteiger partial charge in [0.05, 0.1) is 48.2 Å². The van der Waals surface area contributed by atoms with Gasteiger partial charge in [-0.1, -0.05) is 24.0 Å². The predicted molar refractivity (Wildman–Crippen MR) is 160 cm³/mol. The summed E-state index contributed by atoms with van der Waals surface area (Å²) in [5, 5.41) is 25.5. The lowest BCUT2D eigenvalue weighted by Crippen LogP contribution is -2.45. The fourth-order valence-electron chi connectivity index (χ4n) is 4.85. The van der Waals surface area contributed by atoms with Crippen LogP contribution in [0.2, 0.25) is 0 Å². The molecule has 0 spiro atoms. The molecule has 4 N–H and O–H groups in total. The first-order valence-electron chi connectivity index (χ1n) is 14.3. The van der Waals surface area contributed by atoms with Gasteiger partial charge in [-0.3, -0.25) is 0 Å². The standard InChI is InChI=1S/C30H42F3N3O6S/c1-29(2,3)42-28(39)34-12-6-9-24-25(27(38)30(31,32)33)21-7-5-8-23(26(21)43-24)35-22-10-13-36(4)19-20(22)11-15-40-17-18-41-16-14-37/h5,7-8,20,22,27,35,37-38H,10-19H2,1-4H3,(H,34,39). The number of benzene rings is 1. The highest BCUT2D eigenvalue weighted by atomic mass is 32.1. The molecule has 1 aliphatic rings. The normalized spacial score (nSPS) is 18.6. The van der Waals surface area contributed by atoms with Crippen molar-refractivity contribution in [2.24, 2.45) is 5.92 Å². The van der Waals surface area contributed by atoms with Gasteiger partial charge in [0, 0.05) is 30.1 Å². The smallest absolute Gasteiger partial charge is 0.418 e. The van der Waals surface area contributed by atoms with Crippen LogP contribution in [0, 0.1) is 17.8 Å². The number of aliphatic hydroxyl groups excluding tert-OH is 2. The monoisotopic (exact) mass is 629 g/mol. The minimum absolute atomic E-state index is 0.0329. The first-order chi connectivity index (χ1) is 20.3. The molecule has 2 aromatic rings. The van der Waals surface area contributed by atoms with E-state index in [-0.39, 0.29) is 47.5 Å². The SMILES string of the molecule is CN1CCC(Nc2cccc3c(C(O)C(F)(F)F)c(C#CCNC(=O)OC(C)(C)C)sc23)C(CCOCCOCCO)C1. The minimum atomic E-state index is -4.88. The van der Waals surface area contributed by atoms with Gasteiger partial charge < -0.3 is 40.0 Å². The maximum Gasteiger partial charge on any atom is 0.418 e. The molecule has 3 atom stereocenters. The van der Waals surface area contributed by atoms with Gasteiger partial charge in [-0.25, -0.2) is 4.79 Å². The second-order valence-corrected chi connectivity index (χ2v) is 12.4. The number of hydrogen-bond acceptors (Lipinski definition) is 9. The molecule has 1 aromatic heterocycles. The molecule has 1 amide bonds. The Morgan fingerprint density at radius 3 is 2.58 bits per heavy atom. The maximum absolute atomic E-state index is 13.7. The summed E-state index contributed by atoms with van der Waals surface area (Å²) >= 11 is 1.08. The minimum Gasteiger partial charge on any atom is -0.444 e. The van der Waals surface area contributed by atoms with Crippen LogP contribution >= 0.6 is 11.3 Å². The first kappa shape index (κ1) is 34.9. The number of amides is 1. The lowest BCUT2D eigenvalue weighted by molar-refractivity contribution is -0.206. The van der Waals surface area contributed by atoms with Crippen LogP contribution < -0.4 is 10.6 Å². The second-order valence-electron chi connectivity index (χ2n) is 11.4. The van der Waals surface area contributed by atoms with Crippen molar-refractivity contribution >= 4 is 33.2 Å². The summed E-state index contributed by atoms with van der Waals surface area (Å²) in [4.78, 5) is 14.2. The Morgan fingerprint density at radius 2 is 1.91 bits per heavy atom. The zero-order valence-electron chi connectivity index (χ0n) is 25.1. The van der Waals surface area contributed by atoms with Gasteiger partial charge >= 0.3 is 12.3 Å². The quantitative estimate of drug-likeness (QED) is 0.200. The van der Waals surface area contributed by atoms with Crippen LogP contribution in [0.4, 0.5) is 23.7 Å². The molecular formula is C30H42F3N3O6S. The number of nitrogens with one attached hydrogen (secondary N) is 2. The van der Waals surface area contributed by atoms with Crippen LogP contribution in [0.15, 0.2) is 18.2 Å². The number of alkyl carbamates (subject to hydrolysis) is 1. The second kappa shape index (κ2) is 15.9. The van der Waals surface area contributed by atoms with Gasteiger partial charge in [0.1, 0.15) is 5.60 Å². The van der Waals surface area contributed by atoms with Crippen molar-refractivity contribution in [3.8, 4) is 11.8 Å². The summed E-state index contributed by atoms with van der Waals surface area (Å²) in [6.07, 6.45) is -6.67. The molecular weight excluding hydrogens is 587 g/mol. The number of thiophene rings is 1. The van der Waals surface area contributed by atoms with Crippen LogP contribution in [-0.2, 0) is 14.2 Å². The molecule has 1 fully saturated rings. The molecule has 1 aromatic carbocycles. The highest BCUT2D eigenvalue weighted by molar-refractivity contribution is 7.20. The first-order valence-corrected chi connectivity index (χ1v) is 15.1. The zero-order chi connectivity index (χ0) is 31.6. The van der Waals surface area contributed by atoms with Gasteiger partial charge in [-0.2, -0.15) is 13.2 Å². The van der Waals surface area contributed by atoms with Crippen molar-refractivity contribution in [1.82, 2.24) is 10.2 Å². The van der Waals surface area contributed by atoms with E-state index in [4.69, 9.17) is 19.3 Å².